The second-order valence-corrected chi connectivity index (χ2v) is 5.01. The largest absolute Gasteiger partial charge is 0.381 e. The van der Waals surface area contributed by atoms with Crippen LogP contribution in [-0.4, -0.2) is 6.26 Å². The van der Waals surface area contributed by atoms with E-state index < -0.39 is 6.43 Å². The highest BCUT2D eigenvalue weighted by Crippen LogP contribution is 2.21. The minimum atomic E-state index is -2.40. The van der Waals surface area contributed by atoms with Crippen molar-refractivity contribution >= 4 is 17.4 Å². The van der Waals surface area contributed by atoms with Crippen molar-refractivity contribution in [2.45, 2.75) is 17.9 Å². The minimum Gasteiger partial charge on any atom is -0.381 e. The van der Waals surface area contributed by atoms with Gasteiger partial charge in [0.05, 0.1) is 0 Å². The number of halogens is 2. The zero-order valence-electron chi connectivity index (χ0n) is 10.6. The lowest BCUT2D eigenvalue weighted by molar-refractivity contribution is 0.151. The predicted molar refractivity (Wildman–Crippen MR) is 76.9 cm³/mol. The molecule has 0 aliphatic carbocycles. The standard InChI is InChI=1S/C15H15F2NS/c1-19-14-4-2-3-13(9-14)18-10-11-5-7-12(8-6-11)15(16)17/h2-9,15,18H,10H2,1H3. The number of hydrogen-bond donors (Lipinski definition) is 1. The second-order valence-electron chi connectivity index (χ2n) is 4.13. The fourth-order valence-electron chi connectivity index (χ4n) is 1.72. The van der Waals surface area contributed by atoms with Gasteiger partial charge in [-0.25, -0.2) is 8.78 Å². The van der Waals surface area contributed by atoms with E-state index in [1.165, 1.54) is 17.0 Å². The van der Waals surface area contributed by atoms with Gasteiger partial charge in [-0.05, 0) is 30.0 Å². The third kappa shape index (κ3) is 3.96. The van der Waals surface area contributed by atoms with Crippen molar-refractivity contribution in [3.05, 3.63) is 59.7 Å². The molecular formula is C15H15F2NS. The maximum atomic E-state index is 12.4. The quantitative estimate of drug-likeness (QED) is 0.776. The normalized spacial score (nSPS) is 10.7. The van der Waals surface area contributed by atoms with Crippen LogP contribution in [0.15, 0.2) is 53.4 Å². The fraction of sp³-hybridized carbons (Fsp3) is 0.200. The third-order valence-electron chi connectivity index (χ3n) is 2.80. The van der Waals surface area contributed by atoms with Crippen molar-refractivity contribution in [1.82, 2.24) is 0 Å². The molecule has 0 unspecified atom stereocenters. The van der Waals surface area contributed by atoms with Gasteiger partial charge in [-0.15, -0.1) is 11.8 Å². The summed E-state index contributed by atoms with van der Waals surface area (Å²) in [4.78, 5) is 1.19. The Balaban J connectivity index is 1.98. The molecular weight excluding hydrogens is 264 g/mol. The van der Waals surface area contributed by atoms with Gasteiger partial charge in [0.1, 0.15) is 0 Å². The molecule has 19 heavy (non-hydrogen) atoms. The van der Waals surface area contributed by atoms with Gasteiger partial charge < -0.3 is 5.32 Å². The number of benzene rings is 2. The molecule has 0 heterocycles. The summed E-state index contributed by atoms with van der Waals surface area (Å²) < 4.78 is 24.8. The van der Waals surface area contributed by atoms with Crippen LogP contribution in [0.3, 0.4) is 0 Å². The van der Waals surface area contributed by atoms with Crippen LogP contribution in [0, 0.1) is 0 Å². The summed E-state index contributed by atoms with van der Waals surface area (Å²) in [6.07, 6.45) is -0.373. The zero-order valence-corrected chi connectivity index (χ0v) is 11.4. The van der Waals surface area contributed by atoms with Crippen molar-refractivity contribution in [3.8, 4) is 0 Å². The lowest BCUT2D eigenvalue weighted by Crippen LogP contribution is -1.99. The Kier molecular flexibility index (Phi) is 4.80. The summed E-state index contributed by atoms with van der Waals surface area (Å²) in [7, 11) is 0. The third-order valence-corrected chi connectivity index (χ3v) is 3.52. The highest BCUT2D eigenvalue weighted by Gasteiger charge is 2.05. The van der Waals surface area contributed by atoms with Crippen LogP contribution >= 0.6 is 11.8 Å². The summed E-state index contributed by atoms with van der Waals surface area (Å²) in [5.74, 6) is 0. The van der Waals surface area contributed by atoms with Gasteiger partial charge in [-0.2, -0.15) is 0 Å². The summed E-state index contributed by atoms with van der Waals surface area (Å²) >= 11 is 1.69. The first-order valence-electron chi connectivity index (χ1n) is 5.94. The van der Waals surface area contributed by atoms with E-state index in [1.807, 2.05) is 24.5 Å². The maximum absolute atomic E-state index is 12.4. The Morgan fingerprint density at radius 1 is 1.11 bits per heavy atom. The van der Waals surface area contributed by atoms with Gasteiger partial charge >= 0.3 is 0 Å². The first-order chi connectivity index (χ1) is 9.19. The van der Waals surface area contributed by atoms with Gasteiger partial charge in [-0.3, -0.25) is 0 Å². The number of anilines is 1. The van der Waals surface area contributed by atoms with E-state index in [0.717, 1.165) is 11.3 Å². The molecule has 0 spiro atoms. The number of rotatable bonds is 5. The van der Waals surface area contributed by atoms with E-state index >= 15 is 0 Å². The fourth-order valence-corrected chi connectivity index (χ4v) is 2.18. The van der Waals surface area contributed by atoms with Crippen LogP contribution in [0.1, 0.15) is 17.6 Å². The second kappa shape index (κ2) is 6.57. The molecule has 2 rings (SSSR count). The van der Waals surface area contributed by atoms with Crippen molar-refractivity contribution in [1.29, 1.82) is 0 Å². The van der Waals surface area contributed by atoms with Crippen molar-refractivity contribution in [3.63, 3.8) is 0 Å². The van der Waals surface area contributed by atoms with Crippen LogP contribution in [0.25, 0.3) is 0 Å². The van der Waals surface area contributed by atoms with Gasteiger partial charge in [0.2, 0.25) is 0 Å². The molecule has 0 fully saturated rings. The summed E-state index contributed by atoms with van der Waals surface area (Å²) in [5, 5.41) is 3.28. The highest BCUT2D eigenvalue weighted by atomic mass is 32.2. The average Bonchev–Trinajstić information content (AvgIpc) is 2.46. The van der Waals surface area contributed by atoms with Crippen LogP contribution in [-0.2, 0) is 6.54 Å². The molecule has 0 saturated carbocycles. The van der Waals surface area contributed by atoms with E-state index in [-0.39, 0.29) is 5.56 Å². The van der Waals surface area contributed by atoms with Gasteiger partial charge in [0, 0.05) is 22.7 Å². The molecule has 0 bridgehead atoms. The van der Waals surface area contributed by atoms with E-state index in [9.17, 15) is 8.78 Å². The van der Waals surface area contributed by atoms with Gasteiger partial charge in [0.15, 0.2) is 0 Å². The Hall–Kier alpha value is -1.55. The lowest BCUT2D eigenvalue weighted by Gasteiger charge is -2.08. The summed E-state index contributed by atoms with van der Waals surface area (Å²) in [6, 6.07) is 14.5. The maximum Gasteiger partial charge on any atom is 0.263 e. The van der Waals surface area contributed by atoms with Crippen molar-refractivity contribution < 1.29 is 8.78 Å². The number of nitrogens with one attached hydrogen (secondary N) is 1. The highest BCUT2D eigenvalue weighted by molar-refractivity contribution is 7.98. The molecule has 4 heteroatoms. The minimum absolute atomic E-state index is 0.0631. The van der Waals surface area contributed by atoms with E-state index in [2.05, 4.69) is 11.4 Å². The Morgan fingerprint density at radius 3 is 2.47 bits per heavy atom. The van der Waals surface area contributed by atoms with E-state index in [4.69, 9.17) is 0 Å². The monoisotopic (exact) mass is 279 g/mol. The first-order valence-corrected chi connectivity index (χ1v) is 7.16. The van der Waals surface area contributed by atoms with Crippen molar-refractivity contribution in [2.75, 3.05) is 11.6 Å². The molecule has 100 valence electrons. The number of hydrogen-bond acceptors (Lipinski definition) is 2. The van der Waals surface area contributed by atoms with E-state index in [0.29, 0.717) is 6.54 Å². The molecule has 0 aromatic heterocycles. The van der Waals surface area contributed by atoms with Crippen LogP contribution in [0.5, 0.6) is 0 Å². The Labute approximate surface area is 116 Å². The summed E-state index contributed by atoms with van der Waals surface area (Å²) in [5.41, 5.74) is 2.08. The summed E-state index contributed by atoms with van der Waals surface area (Å²) in [6.45, 7) is 0.626. The Morgan fingerprint density at radius 2 is 1.84 bits per heavy atom. The predicted octanol–water partition coefficient (Wildman–Crippen LogP) is 4.96. The first kappa shape index (κ1) is 13.9. The molecule has 0 aliphatic heterocycles. The molecule has 0 saturated heterocycles. The number of alkyl halides is 2. The SMILES string of the molecule is CSc1cccc(NCc2ccc(C(F)F)cc2)c1. The molecule has 1 N–H and O–H groups in total. The van der Waals surface area contributed by atoms with Gasteiger partial charge in [0.25, 0.3) is 6.43 Å². The average molecular weight is 279 g/mol. The van der Waals surface area contributed by atoms with Crippen LogP contribution in [0.4, 0.5) is 14.5 Å². The van der Waals surface area contributed by atoms with Gasteiger partial charge in [-0.1, -0.05) is 30.3 Å². The molecule has 0 amide bonds. The van der Waals surface area contributed by atoms with Crippen LogP contribution in [0.2, 0.25) is 0 Å². The molecule has 1 nitrogen and oxygen atoms in total. The lowest BCUT2D eigenvalue weighted by atomic mass is 10.1. The molecule has 0 atom stereocenters. The molecule has 2 aromatic carbocycles. The number of thioether (sulfide) groups is 1. The smallest absolute Gasteiger partial charge is 0.263 e. The van der Waals surface area contributed by atoms with Crippen LogP contribution < -0.4 is 5.32 Å². The molecule has 0 radical (unpaired) electrons. The zero-order chi connectivity index (χ0) is 13.7. The van der Waals surface area contributed by atoms with E-state index in [1.54, 1.807) is 23.9 Å². The molecule has 0 aliphatic rings. The molecule has 2 aromatic rings. The van der Waals surface area contributed by atoms with Crippen molar-refractivity contribution in [2.24, 2.45) is 0 Å². The topological polar surface area (TPSA) is 12.0 Å². The Bertz CT molecular complexity index is 526.